The molecule has 4 nitrogen and oxygen atoms in total. The van der Waals surface area contributed by atoms with Crippen LogP contribution in [0.4, 0.5) is 0 Å². The van der Waals surface area contributed by atoms with Gasteiger partial charge in [-0.25, -0.2) is 0 Å². The molecule has 0 aromatic heterocycles. The zero-order valence-corrected chi connectivity index (χ0v) is 11.5. The van der Waals surface area contributed by atoms with E-state index in [4.69, 9.17) is 5.11 Å². The number of hydrogen-bond donors (Lipinski definition) is 3. The number of carboxylic acid groups (broad SMARTS) is 1. The molecule has 1 aromatic carbocycles. The van der Waals surface area contributed by atoms with Crippen molar-refractivity contribution >= 4 is 5.97 Å². The Morgan fingerprint density at radius 2 is 2.00 bits per heavy atom. The van der Waals surface area contributed by atoms with Crippen LogP contribution in [0.3, 0.4) is 0 Å². The third kappa shape index (κ3) is 6.38. The maximum atomic E-state index is 10.3. The second kappa shape index (κ2) is 9.15. The van der Waals surface area contributed by atoms with Crippen molar-refractivity contribution < 1.29 is 20.1 Å². The number of phenolic OH excluding ortho intramolecular Hbond substituents is 1. The molecule has 0 unspecified atom stereocenters. The lowest BCUT2D eigenvalue weighted by molar-refractivity contribution is -0.137. The molecule has 0 aliphatic rings. The molecule has 110 valence electrons. The topological polar surface area (TPSA) is 77.8 Å². The van der Waals surface area contributed by atoms with Gasteiger partial charge in [-0.1, -0.05) is 30.4 Å². The predicted octanol–water partition coefficient (Wildman–Crippen LogP) is 2.74. The van der Waals surface area contributed by atoms with Gasteiger partial charge in [0.15, 0.2) is 0 Å². The molecule has 0 aliphatic carbocycles. The number of phenols is 1. The van der Waals surface area contributed by atoms with Gasteiger partial charge in [-0.3, -0.25) is 4.79 Å². The van der Waals surface area contributed by atoms with Crippen LogP contribution in [-0.2, 0) is 11.2 Å². The third-order valence-electron chi connectivity index (χ3n) is 3.16. The molecule has 20 heavy (non-hydrogen) atoms. The highest BCUT2D eigenvalue weighted by Gasteiger charge is 2.09. The van der Waals surface area contributed by atoms with Crippen LogP contribution >= 0.6 is 0 Å². The van der Waals surface area contributed by atoms with E-state index >= 15 is 0 Å². The summed E-state index contributed by atoms with van der Waals surface area (Å²) in [4.78, 5) is 10.3. The molecular weight excluding hydrogens is 256 g/mol. The summed E-state index contributed by atoms with van der Waals surface area (Å²) in [6.45, 7) is 0.0633. The molecule has 0 fully saturated rings. The van der Waals surface area contributed by atoms with Crippen molar-refractivity contribution in [3.05, 3.63) is 42.0 Å². The summed E-state index contributed by atoms with van der Waals surface area (Å²) in [7, 11) is 0. The van der Waals surface area contributed by atoms with Crippen molar-refractivity contribution in [2.24, 2.45) is 5.92 Å². The van der Waals surface area contributed by atoms with Crippen LogP contribution in [0.2, 0.25) is 0 Å². The van der Waals surface area contributed by atoms with Crippen LogP contribution < -0.4 is 0 Å². The number of rotatable bonds is 9. The van der Waals surface area contributed by atoms with E-state index < -0.39 is 5.97 Å². The van der Waals surface area contributed by atoms with E-state index in [9.17, 15) is 15.0 Å². The minimum Gasteiger partial charge on any atom is -0.508 e. The quantitative estimate of drug-likeness (QED) is 0.479. The molecule has 0 bridgehead atoms. The second-order valence-electron chi connectivity index (χ2n) is 4.87. The first kappa shape index (κ1) is 16.2. The fourth-order valence-corrected chi connectivity index (χ4v) is 1.99. The molecule has 0 aliphatic heterocycles. The van der Waals surface area contributed by atoms with Gasteiger partial charge < -0.3 is 15.3 Å². The minimum atomic E-state index is -0.772. The Morgan fingerprint density at radius 1 is 1.25 bits per heavy atom. The number of para-hydroxylation sites is 1. The lowest BCUT2D eigenvalue weighted by Gasteiger charge is -2.12. The Balaban J connectivity index is 2.34. The number of unbranched alkanes of at least 4 members (excludes halogenated alkanes) is 1. The van der Waals surface area contributed by atoms with Gasteiger partial charge in [-0.05, 0) is 43.2 Å². The summed E-state index contributed by atoms with van der Waals surface area (Å²) < 4.78 is 0. The molecule has 0 saturated heterocycles. The monoisotopic (exact) mass is 278 g/mol. The van der Waals surface area contributed by atoms with Gasteiger partial charge >= 0.3 is 5.97 Å². The number of allylic oxidation sites excluding steroid dienone is 2. The first-order valence-corrected chi connectivity index (χ1v) is 6.88. The average Bonchev–Trinajstić information content (AvgIpc) is 2.43. The maximum absolute atomic E-state index is 10.3. The summed E-state index contributed by atoms with van der Waals surface area (Å²) in [6, 6.07) is 7.14. The zero-order chi connectivity index (χ0) is 14.8. The fourth-order valence-electron chi connectivity index (χ4n) is 1.99. The van der Waals surface area contributed by atoms with Gasteiger partial charge in [0.2, 0.25) is 0 Å². The summed E-state index contributed by atoms with van der Waals surface area (Å²) in [6.07, 6.45) is 6.83. The standard InChI is InChI=1S/C16H22O4/c17-12-13(7-3-1-2-4-10-16(19)20)11-14-8-5-6-9-15(14)18/h1,3,5-6,8-9,13,17-18H,2,4,7,10-12H2,(H,19,20)/b3-1-/t13-/m0/s1. The molecule has 4 heteroatoms. The largest absolute Gasteiger partial charge is 0.508 e. The minimum absolute atomic E-state index is 0.0633. The molecular formula is C16H22O4. The van der Waals surface area contributed by atoms with Gasteiger partial charge in [0.25, 0.3) is 0 Å². The highest BCUT2D eigenvalue weighted by Crippen LogP contribution is 2.21. The van der Waals surface area contributed by atoms with E-state index in [2.05, 4.69) is 0 Å². The van der Waals surface area contributed by atoms with E-state index in [1.54, 1.807) is 12.1 Å². The maximum Gasteiger partial charge on any atom is 0.303 e. The highest BCUT2D eigenvalue weighted by molar-refractivity contribution is 5.66. The van der Waals surface area contributed by atoms with Crippen molar-refractivity contribution in [1.82, 2.24) is 0 Å². The van der Waals surface area contributed by atoms with Crippen molar-refractivity contribution in [2.45, 2.75) is 32.1 Å². The lowest BCUT2D eigenvalue weighted by atomic mass is 9.96. The Bertz CT molecular complexity index is 440. The zero-order valence-electron chi connectivity index (χ0n) is 11.5. The Morgan fingerprint density at radius 3 is 2.65 bits per heavy atom. The van der Waals surface area contributed by atoms with Gasteiger partial charge in [-0.2, -0.15) is 0 Å². The average molecular weight is 278 g/mol. The third-order valence-corrected chi connectivity index (χ3v) is 3.16. The number of benzene rings is 1. The van der Waals surface area contributed by atoms with Gasteiger partial charge in [0, 0.05) is 13.0 Å². The molecule has 1 aromatic rings. The lowest BCUT2D eigenvalue weighted by Crippen LogP contribution is -2.08. The van der Waals surface area contributed by atoms with E-state index in [0.29, 0.717) is 12.8 Å². The Labute approximate surface area is 119 Å². The van der Waals surface area contributed by atoms with E-state index in [1.807, 2.05) is 24.3 Å². The molecule has 1 rings (SSSR count). The second-order valence-corrected chi connectivity index (χ2v) is 4.87. The molecule has 3 N–H and O–H groups in total. The van der Waals surface area contributed by atoms with Crippen molar-refractivity contribution in [2.75, 3.05) is 6.61 Å². The molecule has 1 atom stereocenters. The summed E-state index contributed by atoms with van der Waals surface area (Å²) >= 11 is 0. The van der Waals surface area contributed by atoms with Gasteiger partial charge in [0.05, 0.1) is 0 Å². The normalized spacial score (nSPS) is 12.7. The fraction of sp³-hybridized carbons (Fsp3) is 0.438. The van der Waals surface area contributed by atoms with E-state index in [-0.39, 0.29) is 24.7 Å². The molecule has 0 spiro atoms. The van der Waals surface area contributed by atoms with Gasteiger partial charge in [-0.15, -0.1) is 0 Å². The van der Waals surface area contributed by atoms with Crippen LogP contribution in [0.15, 0.2) is 36.4 Å². The first-order valence-electron chi connectivity index (χ1n) is 6.88. The summed E-state index contributed by atoms with van der Waals surface area (Å²) in [5.41, 5.74) is 0.839. The number of aromatic hydroxyl groups is 1. The Kier molecular flexibility index (Phi) is 7.43. The number of aliphatic hydroxyl groups is 1. The number of carboxylic acids is 1. The SMILES string of the molecule is O=C(O)CCC/C=C\C[C@H](CO)Cc1ccccc1O. The summed E-state index contributed by atoms with van der Waals surface area (Å²) in [5, 5.41) is 27.6. The van der Waals surface area contributed by atoms with Crippen molar-refractivity contribution in [3.63, 3.8) is 0 Å². The number of aliphatic carboxylic acids is 1. The van der Waals surface area contributed by atoms with Crippen LogP contribution in [0.5, 0.6) is 5.75 Å². The molecule has 0 amide bonds. The smallest absolute Gasteiger partial charge is 0.303 e. The molecule has 0 radical (unpaired) electrons. The Hall–Kier alpha value is -1.81. The van der Waals surface area contributed by atoms with Crippen molar-refractivity contribution in [1.29, 1.82) is 0 Å². The highest BCUT2D eigenvalue weighted by atomic mass is 16.4. The number of aliphatic hydroxyl groups excluding tert-OH is 1. The number of hydrogen-bond acceptors (Lipinski definition) is 3. The van der Waals surface area contributed by atoms with Crippen LogP contribution in [0, 0.1) is 5.92 Å². The van der Waals surface area contributed by atoms with Crippen LogP contribution in [0.25, 0.3) is 0 Å². The van der Waals surface area contributed by atoms with Gasteiger partial charge in [0.1, 0.15) is 5.75 Å². The molecule has 0 saturated carbocycles. The van der Waals surface area contributed by atoms with Crippen LogP contribution in [-0.4, -0.2) is 27.9 Å². The first-order chi connectivity index (χ1) is 9.63. The van der Waals surface area contributed by atoms with Crippen LogP contribution in [0.1, 0.15) is 31.2 Å². The van der Waals surface area contributed by atoms with E-state index in [1.165, 1.54) is 0 Å². The molecule has 0 heterocycles. The number of carbonyl (C=O) groups is 1. The predicted molar refractivity (Wildman–Crippen MR) is 77.6 cm³/mol. The van der Waals surface area contributed by atoms with E-state index in [0.717, 1.165) is 18.4 Å². The van der Waals surface area contributed by atoms with Crippen molar-refractivity contribution in [3.8, 4) is 5.75 Å². The summed E-state index contributed by atoms with van der Waals surface area (Å²) in [5.74, 6) is -0.443.